The van der Waals surface area contributed by atoms with Crippen molar-refractivity contribution in [3.05, 3.63) is 30.1 Å². The minimum Gasteiger partial charge on any atom is -0.335 e. The number of amides is 2. The molecule has 0 atom stereocenters. The summed E-state index contributed by atoms with van der Waals surface area (Å²) < 4.78 is 0. The molecule has 1 N–H and O–H groups in total. The third-order valence-electron chi connectivity index (χ3n) is 4.01. The van der Waals surface area contributed by atoms with E-state index in [2.05, 4.69) is 10.3 Å². The molecule has 1 fully saturated rings. The lowest BCUT2D eigenvalue weighted by Crippen LogP contribution is -2.43. The van der Waals surface area contributed by atoms with Crippen LogP contribution in [0.1, 0.15) is 44.1 Å². The second-order valence-corrected chi connectivity index (χ2v) is 5.66. The average molecular weight is 275 g/mol. The lowest BCUT2D eigenvalue weighted by molar-refractivity contribution is 0.203. The van der Waals surface area contributed by atoms with Gasteiger partial charge in [0.2, 0.25) is 0 Å². The molecule has 110 valence electrons. The summed E-state index contributed by atoms with van der Waals surface area (Å²) >= 11 is 0. The minimum atomic E-state index is 0.0611. The number of aromatic nitrogens is 1. The molecular formula is C16H25N3O. The first kappa shape index (κ1) is 14.8. The lowest BCUT2D eigenvalue weighted by Gasteiger charge is -2.22. The largest absolute Gasteiger partial charge is 0.335 e. The number of carbonyl (C=O) groups excluding carboxylic acids is 1. The van der Waals surface area contributed by atoms with E-state index in [0.29, 0.717) is 6.04 Å². The molecule has 2 amide bonds. The van der Waals surface area contributed by atoms with Crippen molar-refractivity contribution in [2.45, 2.75) is 51.0 Å². The quantitative estimate of drug-likeness (QED) is 0.859. The van der Waals surface area contributed by atoms with E-state index >= 15 is 0 Å². The van der Waals surface area contributed by atoms with Crippen molar-refractivity contribution in [1.29, 1.82) is 0 Å². The van der Waals surface area contributed by atoms with Gasteiger partial charge in [-0.2, -0.15) is 0 Å². The normalized spacial score (nSPS) is 16.4. The molecule has 20 heavy (non-hydrogen) atoms. The zero-order valence-electron chi connectivity index (χ0n) is 12.3. The minimum absolute atomic E-state index is 0.0611. The molecule has 1 aliphatic carbocycles. The Kier molecular flexibility index (Phi) is 5.84. The van der Waals surface area contributed by atoms with Gasteiger partial charge in [0.05, 0.1) is 0 Å². The summed E-state index contributed by atoms with van der Waals surface area (Å²) in [5.41, 5.74) is 1.22. The van der Waals surface area contributed by atoms with Crippen molar-refractivity contribution in [3.8, 4) is 0 Å². The molecule has 1 aliphatic rings. The monoisotopic (exact) mass is 275 g/mol. The average Bonchev–Trinajstić information content (AvgIpc) is 2.74. The Morgan fingerprint density at radius 3 is 2.55 bits per heavy atom. The number of hydrogen-bond donors (Lipinski definition) is 1. The topological polar surface area (TPSA) is 45.2 Å². The first-order valence-electron chi connectivity index (χ1n) is 7.66. The second kappa shape index (κ2) is 7.88. The summed E-state index contributed by atoms with van der Waals surface area (Å²) in [6.07, 6.45) is 11.8. The predicted molar refractivity (Wildman–Crippen MR) is 80.6 cm³/mol. The van der Waals surface area contributed by atoms with Gasteiger partial charge in [-0.25, -0.2) is 4.79 Å². The summed E-state index contributed by atoms with van der Waals surface area (Å²) in [7, 11) is 1.87. The highest BCUT2D eigenvalue weighted by atomic mass is 16.2. The van der Waals surface area contributed by atoms with Crippen LogP contribution in [0.15, 0.2) is 24.5 Å². The molecule has 0 aromatic carbocycles. The molecule has 1 saturated carbocycles. The molecule has 0 spiro atoms. The van der Waals surface area contributed by atoms with Crippen LogP contribution in [0.25, 0.3) is 0 Å². The van der Waals surface area contributed by atoms with E-state index in [1.54, 1.807) is 17.3 Å². The number of nitrogens with one attached hydrogen (secondary N) is 1. The Labute approximate surface area is 121 Å². The van der Waals surface area contributed by atoms with Crippen LogP contribution in [0.4, 0.5) is 4.79 Å². The van der Waals surface area contributed by atoms with Gasteiger partial charge in [-0.1, -0.05) is 25.7 Å². The Hall–Kier alpha value is -1.58. The fraction of sp³-hybridized carbons (Fsp3) is 0.625. The van der Waals surface area contributed by atoms with Crippen molar-refractivity contribution < 1.29 is 4.79 Å². The Morgan fingerprint density at radius 2 is 1.90 bits per heavy atom. The van der Waals surface area contributed by atoms with Gasteiger partial charge in [0.25, 0.3) is 0 Å². The number of hydrogen-bond acceptors (Lipinski definition) is 2. The molecule has 0 bridgehead atoms. The van der Waals surface area contributed by atoms with Gasteiger partial charge in [0.15, 0.2) is 0 Å². The second-order valence-electron chi connectivity index (χ2n) is 5.66. The van der Waals surface area contributed by atoms with Gasteiger partial charge in [-0.05, 0) is 37.0 Å². The molecule has 4 heteroatoms. The van der Waals surface area contributed by atoms with Crippen molar-refractivity contribution in [1.82, 2.24) is 15.2 Å². The molecule has 0 aliphatic heterocycles. The fourth-order valence-corrected chi connectivity index (χ4v) is 2.66. The highest BCUT2D eigenvalue weighted by Gasteiger charge is 2.16. The molecule has 0 unspecified atom stereocenters. The van der Waals surface area contributed by atoms with Crippen LogP contribution in [-0.2, 0) is 6.42 Å². The summed E-state index contributed by atoms with van der Waals surface area (Å²) in [4.78, 5) is 17.9. The van der Waals surface area contributed by atoms with Gasteiger partial charge in [-0.3, -0.25) is 4.98 Å². The van der Waals surface area contributed by atoms with Gasteiger partial charge in [0.1, 0.15) is 0 Å². The van der Waals surface area contributed by atoms with E-state index in [9.17, 15) is 4.79 Å². The van der Waals surface area contributed by atoms with Crippen molar-refractivity contribution in [2.75, 3.05) is 13.6 Å². The summed E-state index contributed by atoms with van der Waals surface area (Å²) in [5.74, 6) is 0. The number of carbonyl (C=O) groups is 1. The molecule has 4 nitrogen and oxygen atoms in total. The maximum absolute atomic E-state index is 12.1. The van der Waals surface area contributed by atoms with Crippen LogP contribution < -0.4 is 5.32 Å². The number of likely N-dealkylation sites (N-methyl/N-ethyl adjacent to an activating group) is 1. The lowest BCUT2D eigenvalue weighted by atomic mass is 10.1. The number of urea groups is 1. The van der Waals surface area contributed by atoms with E-state index in [0.717, 1.165) is 25.8 Å². The smallest absolute Gasteiger partial charge is 0.317 e. The van der Waals surface area contributed by atoms with Gasteiger partial charge in [-0.15, -0.1) is 0 Å². The van der Waals surface area contributed by atoms with Crippen molar-refractivity contribution in [3.63, 3.8) is 0 Å². The van der Waals surface area contributed by atoms with Crippen LogP contribution in [0, 0.1) is 0 Å². The number of rotatable bonds is 4. The zero-order valence-corrected chi connectivity index (χ0v) is 12.3. The Morgan fingerprint density at radius 1 is 1.25 bits per heavy atom. The summed E-state index contributed by atoms with van der Waals surface area (Å²) in [6.45, 7) is 0.739. The van der Waals surface area contributed by atoms with E-state index in [1.807, 2.05) is 19.2 Å². The predicted octanol–water partition coefficient (Wildman–Crippen LogP) is 2.99. The zero-order chi connectivity index (χ0) is 14.2. The highest BCUT2D eigenvalue weighted by molar-refractivity contribution is 5.74. The fourth-order valence-electron chi connectivity index (χ4n) is 2.66. The van der Waals surface area contributed by atoms with Crippen LogP contribution in [0.5, 0.6) is 0 Å². The molecule has 1 heterocycles. The third kappa shape index (κ3) is 4.83. The molecule has 0 saturated heterocycles. The van der Waals surface area contributed by atoms with Gasteiger partial charge in [0, 0.05) is 32.0 Å². The molecule has 0 radical (unpaired) electrons. The standard InChI is InChI=1S/C16H25N3O/c1-19(13-10-14-8-11-17-12-9-14)16(20)18-15-6-4-2-3-5-7-15/h8-9,11-12,15H,2-7,10,13H2,1H3,(H,18,20). The van der Waals surface area contributed by atoms with Crippen LogP contribution >= 0.6 is 0 Å². The maximum Gasteiger partial charge on any atom is 0.317 e. The molecular weight excluding hydrogens is 250 g/mol. The van der Waals surface area contributed by atoms with Gasteiger partial charge < -0.3 is 10.2 Å². The van der Waals surface area contributed by atoms with E-state index in [1.165, 1.54) is 31.2 Å². The van der Waals surface area contributed by atoms with Gasteiger partial charge >= 0.3 is 6.03 Å². The SMILES string of the molecule is CN(CCc1ccncc1)C(=O)NC1CCCCCC1. The van der Waals surface area contributed by atoms with Crippen LogP contribution in [-0.4, -0.2) is 35.5 Å². The molecule has 1 aromatic rings. The Balaban J connectivity index is 1.73. The first-order chi connectivity index (χ1) is 9.75. The van der Waals surface area contributed by atoms with Crippen molar-refractivity contribution in [2.24, 2.45) is 0 Å². The third-order valence-corrected chi connectivity index (χ3v) is 4.01. The van der Waals surface area contributed by atoms with E-state index in [4.69, 9.17) is 0 Å². The number of pyridine rings is 1. The van der Waals surface area contributed by atoms with Crippen LogP contribution in [0.2, 0.25) is 0 Å². The van der Waals surface area contributed by atoms with Crippen LogP contribution in [0.3, 0.4) is 0 Å². The maximum atomic E-state index is 12.1. The summed E-state index contributed by atoms with van der Waals surface area (Å²) in [6, 6.07) is 4.42. The van der Waals surface area contributed by atoms with Crippen molar-refractivity contribution >= 4 is 6.03 Å². The van der Waals surface area contributed by atoms with E-state index < -0.39 is 0 Å². The molecule has 1 aromatic heterocycles. The first-order valence-corrected chi connectivity index (χ1v) is 7.66. The summed E-state index contributed by atoms with van der Waals surface area (Å²) in [5, 5.41) is 3.17. The Bertz CT molecular complexity index is 399. The van der Waals surface area contributed by atoms with E-state index in [-0.39, 0.29) is 6.03 Å². The highest BCUT2D eigenvalue weighted by Crippen LogP contribution is 2.17. The number of nitrogens with zero attached hydrogens (tertiary/aromatic N) is 2. The molecule has 2 rings (SSSR count).